The van der Waals surface area contributed by atoms with E-state index in [1.807, 2.05) is 6.07 Å². The van der Waals surface area contributed by atoms with E-state index in [0.29, 0.717) is 44.4 Å². The monoisotopic (exact) mass is 494 g/mol. The summed E-state index contributed by atoms with van der Waals surface area (Å²) in [7, 11) is -3.63. The third-order valence-corrected chi connectivity index (χ3v) is 6.91. The summed E-state index contributed by atoms with van der Waals surface area (Å²) in [6.45, 7) is 1.86. The van der Waals surface area contributed by atoms with Crippen molar-refractivity contribution < 1.29 is 13.2 Å². The fourth-order valence-corrected chi connectivity index (χ4v) is 5.11. The number of nitrogens with zero attached hydrogens (tertiary/aromatic N) is 1. The van der Waals surface area contributed by atoms with Crippen molar-refractivity contribution in [3.8, 4) is 0 Å². The number of carbonyl (C=O) groups is 1. The highest BCUT2D eigenvalue weighted by atomic mass is 35.5. The van der Waals surface area contributed by atoms with Crippen LogP contribution in [0.4, 0.5) is 5.69 Å². The highest BCUT2D eigenvalue weighted by Crippen LogP contribution is 2.26. The van der Waals surface area contributed by atoms with Gasteiger partial charge in [0.15, 0.2) is 0 Å². The molecule has 0 aliphatic carbocycles. The predicted octanol–water partition coefficient (Wildman–Crippen LogP) is 4.77. The molecule has 1 N–H and O–H groups in total. The van der Waals surface area contributed by atoms with Gasteiger partial charge in [0, 0.05) is 33.1 Å². The van der Waals surface area contributed by atoms with Crippen molar-refractivity contribution in [2.24, 2.45) is 0 Å². The van der Waals surface area contributed by atoms with Crippen molar-refractivity contribution in [2.45, 2.75) is 12.7 Å². The number of rotatable bonds is 9. The van der Waals surface area contributed by atoms with Crippen LogP contribution in [0.3, 0.4) is 0 Å². The van der Waals surface area contributed by atoms with E-state index < -0.39 is 10.0 Å². The summed E-state index contributed by atoms with van der Waals surface area (Å²) in [5.41, 5.74) is 2.07. The van der Waals surface area contributed by atoms with Gasteiger partial charge in [-0.15, -0.1) is 0 Å². The SMILES string of the molecule is Cc1cc(Cl)ccc1N(CC(=O)NCCSCc1ccc(Cl)cc1Cl)S(C)(=O)=O. The van der Waals surface area contributed by atoms with E-state index in [2.05, 4.69) is 5.32 Å². The van der Waals surface area contributed by atoms with E-state index in [-0.39, 0.29) is 12.5 Å². The molecule has 0 aliphatic rings. The number of hydrogen-bond acceptors (Lipinski definition) is 4. The lowest BCUT2D eigenvalue weighted by molar-refractivity contribution is -0.119. The fourth-order valence-electron chi connectivity index (χ4n) is 2.55. The fraction of sp³-hybridized carbons (Fsp3) is 0.316. The standard InChI is InChI=1S/C19H21Cl3N2O3S2/c1-13-9-15(20)5-6-18(13)24(29(2,26)27)11-19(25)23-7-8-28-12-14-3-4-16(21)10-17(14)22/h3-6,9-10H,7-8,11-12H2,1-2H3,(H,23,25). The minimum atomic E-state index is -3.63. The summed E-state index contributed by atoms with van der Waals surface area (Å²) >= 11 is 19.6. The van der Waals surface area contributed by atoms with Gasteiger partial charge in [-0.2, -0.15) is 11.8 Å². The Morgan fingerprint density at radius 1 is 1.10 bits per heavy atom. The number of anilines is 1. The van der Waals surface area contributed by atoms with Crippen LogP contribution in [0, 0.1) is 6.92 Å². The molecule has 0 atom stereocenters. The molecular formula is C19H21Cl3N2O3S2. The molecule has 2 aromatic carbocycles. The zero-order valence-corrected chi connectivity index (χ0v) is 19.8. The Morgan fingerprint density at radius 3 is 2.38 bits per heavy atom. The first-order valence-electron chi connectivity index (χ1n) is 8.60. The minimum absolute atomic E-state index is 0.297. The number of hydrogen-bond donors (Lipinski definition) is 1. The lowest BCUT2D eigenvalue weighted by atomic mass is 10.2. The van der Waals surface area contributed by atoms with Gasteiger partial charge in [-0.25, -0.2) is 8.42 Å². The van der Waals surface area contributed by atoms with Crippen molar-refractivity contribution in [1.82, 2.24) is 5.32 Å². The molecule has 0 fully saturated rings. The molecule has 0 spiro atoms. The Labute approximate surface area is 190 Å². The third kappa shape index (κ3) is 7.57. The van der Waals surface area contributed by atoms with Gasteiger partial charge in [-0.05, 0) is 48.4 Å². The largest absolute Gasteiger partial charge is 0.354 e. The Bertz CT molecular complexity index is 985. The minimum Gasteiger partial charge on any atom is -0.354 e. The third-order valence-electron chi connectivity index (χ3n) is 3.96. The molecule has 1 amide bonds. The van der Waals surface area contributed by atoms with Crippen molar-refractivity contribution in [3.63, 3.8) is 0 Å². The van der Waals surface area contributed by atoms with Crippen LogP contribution in [0.15, 0.2) is 36.4 Å². The number of thioether (sulfide) groups is 1. The first-order chi connectivity index (χ1) is 13.6. The molecule has 158 valence electrons. The van der Waals surface area contributed by atoms with Gasteiger partial charge in [-0.3, -0.25) is 9.10 Å². The molecule has 0 unspecified atom stereocenters. The number of sulfonamides is 1. The van der Waals surface area contributed by atoms with E-state index in [1.165, 1.54) is 0 Å². The van der Waals surface area contributed by atoms with Gasteiger partial charge >= 0.3 is 0 Å². The molecule has 0 heterocycles. The lowest BCUT2D eigenvalue weighted by Gasteiger charge is -2.23. The van der Waals surface area contributed by atoms with Gasteiger partial charge in [0.05, 0.1) is 11.9 Å². The summed E-state index contributed by atoms with van der Waals surface area (Å²) < 4.78 is 25.4. The highest BCUT2D eigenvalue weighted by molar-refractivity contribution is 7.98. The maximum absolute atomic E-state index is 12.3. The topological polar surface area (TPSA) is 66.5 Å². The van der Waals surface area contributed by atoms with Crippen LogP contribution in [0.5, 0.6) is 0 Å². The average Bonchev–Trinajstić information content (AvgIpc) is 2.61. The summed E-state index contributed by atoms with van der Waals surface area (Å²) in [6.07, 6.45) is 1.07. The first kappa shape index (κ1) is 24.2. The Hall–Kier alpha value is -1.12. The van der Waals surface area contributed by atoms with Crippen molar-refractivity contribution in [2.75, 3.05) is 29.4 Å². The van der Waals surface area contributed by atoms with Crippen LogP contribution in [0.1, 0.15) is 11.1 Å². The smallest absolute Gasteiger partial charge is 0.240 e. The lowest BCUT2D eigenvalue weighted by Crippen LogP contribution is -2.41. The van der Waals surface area contributed by atoms with Gasteiger partial charge in [-0.1, -0.05) is 40.9 Å². The number of benzene rings is 2. The van der Waals surface area contributed by atoms with Crippen LogP contribution in [0.25, 0.3) is 0 Å². The van der Waals surface area contributed by atoms with Crippen LogP contribution < -0.4 is 9.62 Å². The Balaban J connectivity index is 1.87. The molecule has 29 heavy (non-hydrogen) atoms. The molecular weight excluding hydrogens is 475 g/mol. The highest BCUT2D eigenvalue weighted by Gasteiger charge is 2.22. The van der Waals surface area contributed by atoms with Crippen molar-refractivity contribution in [1.29, 1.82) is 0 Å². The maximum Gasteiger partial charge on any atom is 0.240 e. The van der Waals surface area contributed by atoms with Crippen molar-refractivity contribution >= 4 is 68.2 Å². The van der Waals surface area contributed by atoms with E-state index >= 15 is 0 Å². The van der Waals surface area contributed by atoms with E-state index in [0.717, 1.165) is 16.1 Å². The molecule has 2 rings (SSSR count). The number of halogens is 3. The molecule has 5 nitrogen and oxygen atoms in total. The Morgan fingerprint density at radius 2 is 1.76 bits per heavy atom. The average molecular weight is 496 g/mol. The van der Waals surface area contributed by atoms with Crippen molar-refractivity contribution in [3.05, 3.63) is 62.6 Å². The van der Waals surface area contributed by atoms with Crippen LogP contribution in [-0.4, -0.2) is 39.4 Å². The second-order valence-electron chi connectivity index (χ2n) is 6.34. The molecule has 0 aliphatic heterocycles. The van der Waals surface area contributed by atoms with Crippen LogP contribution in [0.2, 0.25) is 15.1 Å². The van der Waals surface area contributed by atoms with E-state index in [4.69, 9.17) is 34.8 Å². The molecule has 2 aromatic rings. The van der Waals surface area contributed by atoms with Crippen LogP contribution >= 0.6 is 46.6 Å². The van der Waals surface area contributed by atoms with Gasteiger partial charge in [0.25, 0.3) is 0 Å². The summed E-state index contributed by atoms with van der Waals surface area (Å²) in [5, 5.41) is 4.44. The van der Waals surface area contributed by atoms with Gasteiger partial charge < -0.3 is 5.32 Å². The first-order valence-corrected chi connectivity index (χ1v) is 12.7. The number of nitrogens with one attached hydrogen (secondary N) is 1. The van der Waals surface area contributed by atoms with E-state index in [1.54, 1.807) is 49.0 Å². The number of amides is 1. The number of carbonyl (C=O) groups excluding carboxylic acids is 1. The van der Waals surface area contributed by atoms with Crippen LogP contribution in [-0.2, 0) is 20.6 Å². The molecule has 0 bridgehead atoms. The molecule has 0 radical (unpaired) electrons. The summed E-state index contributed by atoms with van der Waals surface area (Å²) in [6, 6.07) is 10.2. The predicted molar refractivity (Wildman–Crippen MR) is 124 cm³/mol. The van der Waals surface area contributed by atoms with E-state index in [9.17, 15) is 13.2 Å². The second kappa shape index (κ2) is 10.8. The zero-order valence-electron chi connectivity index (χ0n) is 15.9. The Kier molecular flexibility index (Phi) is 8.97. The van der Waals surface area contributed by atoms with Gasteiger partial charge in [0.1, 0.15) is 6.54 Å². The molecule has 0 aromatic heterocycles. The maximum atomic E-state index is 12.3. The molecule has 0 saturated carbocycles. The van der Waals surface area contributed by atoms with Gasteiger partial charge in [0.2, 0.25) is 15.9 Å². The molecule has 10 heteroatoms. The summed E-state index contributed by atoms with van der Waals surface area (Å²) in [4.78, 5) is 12.3. The quantitative estimate of drug-likeness (QED) is 0.509. The summed E-state index contributed by atoms with van der Waals surface area (Å²) in [5.74, 6) is 0.962. The normalized spacial score (nSPS) is 11.3. The second-order valence-corrected chi connectivity index (χ2v) is 10.6. The number of aryl methyl sites for hydroxylation is 1. The molecule has 0 saturated heterocycles. The zero-order chi connectivity index (χ0) is 21.6.